The number of carbonyl (C=O) groups excluding carboxylic acids is 1. The van der Waals surface area contributed by atoms with E-state index >= 15 is 0 Å². The molecule has 1 saturated carbocycles. The molecule has 98 valence electrons. The number of carboxylic acids is 1. The third-order valence-electron chi connectivity index (χ3n) is 3.19. The predicted molar refractivity (Wildman–Crippen MR) is 64.8 cm³/mol. The largest absolute Gasteiger partial charge is 0.481 e. The van der Waals surface area contributed by atoms with E-state index in [0.29, 0.717) is 12.0 Å². The van der Waals surface area contributed by atoms with Crippen molar-refractivity contribution < 1.29 is 14.7 Å². The molecule has 0 saturated heterocycles. The Morgan fingerprint density at radius 2 is 1.94 bits per heavy atom. The van der Waals surface area contributed by atoms with E-state index in [2.05, 4.69) is 19.2 Å². The van der Waals surface area contributed by atoms with Crippen LogP contribution in [0.15, 0.2) is 0 Å². The highest BCUT2D eigenvalue weighted by Crippen LogP contribution is 2.30. The number of nitrogens with one attached hydrogen (secondary N) is 1. The molecule has 0 radical (unpaired) electrons. The fraction of sp³-hybridized carbons (Fsp3) is 0.833. The van der Waals surface area contributed by atoms with Crippen LogP contribution in [0.1, 0.15) is 40.0 Å². The van der Waals surface area contributed by atoms with E-state index in [9.17, 15) is 9.59 Å². The first-order valence-electron chi connectivity index (χ1n) is 6.21. The molecule has 0 heterocycles. The van der Waals surface area contributed by atoms with Crippen LogP contribution in [0.4, 0.5) is 4.79 Å². The van der Waals surface area contributed by atoms with Gasteiger partial charge in [0.1, 0.15) is 0 Å². The maximum absolute atomic E-state index is 12.0. The fourth-order valence-corrected chi connectivity index (χ4v) is 1.72. The van der Waals surface area contributed by atoms with E-state index < -0.39 is 5.97 Å². The first-order chi connectivity index (χ1) is 7.93. The van der Waals surface area contributed by atoms with E-state index in [1.807, 2.05) is 11.8 Å². The van der Waals surface area contributed by atoms with Crippen molar-refractivity contribution in [3.05, 3.63) is 0 Å². The molecule has 0 aromatic carbocycles. The van der Waals surface area contributed by atoms with Crippen molar-refractivity contribution in [2.45, 2.75) is 52.1 Å². The summed E-state index contributed by atoms with van der Waals surface area (Å²) in [5.74, 6) is -0.485. The minimum absolute atomic E-state index is 0.0275. The summed E-state index contributed by atoms with van der Waals surface area (Å²) in [5, 5.41) is 11.2. The summed E-state index contributed by atoms with van der Waals surface area (Å²) >= 11 is 0. The molecule has 1 unspecified atom stereocenters. The number of carboxylic acid groups (broad SMARTS) is 1. The molecule has 1 fully saturated rings. The van der Waals surface area contributed by atoms with Crippen LogP contribution in [-0.4, -0.2) is 40.6 Å². The number of urea groups is 1. The second-order valence-corrected chi connectivity index (χ2v) is 5.00. The van der Waals surface area contributed by atoms with Gasteiger partial charge in [0.05, 0.1) is 6.42 Å². The summed E-state index contributed by atoms with van der Waals surface area (Å²) in [6, 6.07) is 0.402. The van der Waals surface area contributed by atoms with Crippen LogP contribution < -0.4 is 5.32 Å². The van der Waals surface area contributed by atoms with Crippen LogP contribution >= 0.6 is 0 Å². The van der Waals surface area contributed by atoms with E-state index in [0.717, 1.165) is 12.8 Å². The molecule has 1 atom stereocenters. The zero-order valence-electron chi connectivity index (χ0n) is 10.8. The van der Waals surface area contributed by atoms with Crippen LogP contribution in [-0.2, 0) is 4.79 Å². The monoisotopic (exact) mass is 242 g/mol. The predicted octanol–water partition coefficient (Wildman–Crippen LogP) is 1.68. The van der Waals surface area contributed by atoms with Crippen LogP contribution in [0, 0.1) is 5.92 Å². The van der Waals surface area contributed by atoms with Crippen LogP contribution in [0.5, 0.6) is 0 Å². The van der Waals surface area contributed by atoms with Gasteiger partial charge in [-0.05, 0) is 25.7 Å². The second kappa shape index (κ2) is 5.89. The number of rotatable bonds is 6. The molecule has 1 aliphatic carbocycles. The average Bonchev–Trinajstić information content (AvgIpc) is 3.01. The van der Waals surface area contributed by atoms with Crippen molar-refractivity contribution in [2.24, 2.45) is 5.92 Å². The van der Waals surface area contributed by atoms with Gasteiger partial charge >= 0.3 is 12.0 Å². The quantitative estimate of drug-likeness (QED) is 0.744. The standard InChI is InChI=1S/C12H22N2O3/c1-8(2)9(3)14(10-4-5-10)12(17)13-7-6-11(15)16/h8-10H,4-7H2,1-3H3,(H,13,17)(H,15,16). The van der Waals surface area contributed by atoms with Crippen molar-refractivity contribution in [2.75, 3.05) is 6.54 Å². The van der Waals surface area contributed by atoms with Crippen molar-refractivity contribution >= 4 is 12.0 Å². The van der Waals surface area contributed by atoms with Gasteiger partial charge in [-0.1, -0.05) is 13.8 Å². The maximum Gasteiger partial charge on any atom is 0.317 e. The molecule has 17 heavy (non-hydrogen) atoms. The summed E-state index contributed by atoms with van der Waals surface area (Å²) < 4.78 is 0. The molecule has 0 spiro atoms. The number of hydrogen-bond donors (Lipinski definition) is 2. The minimum Gasteiger partial charge on any atom is -0.481 e. The summed E-state index contributed by atoms with van der Waals surface area (Å²) in [6.07, 6.45) is 2.09. The first-order valence-corrected chi connectivity index (χ1v) is 6.21. The Balaban J connectivity index is 2.46. The van der Waals surface area contributed by atoms with Crippen LogP contribution in [0.3, 0.4) is 0 Å². The lowest BCUT2D eigenvalue weighted by atomic mass is 10.0. The van der Waals surface area contributed by atoms with E-state index in [1.165, 1.54) is 0 Å². The minimum atomic E-state index is -0.889. The molecular formula is C12H22N2O3. The SMILES string of the molecule is CC(C)C(C)N(C(=O)NCCC(=O)O)C1CC1. The molecule has 2 N–H and O–H groups in total. The maximum atomic E-state index is 12.0. The van der Waals surface area contributed by atoms with Gasteiger partial charge in [0.25, 0.3) is 0 Å². The molecule has 5 heteroatoms. The zero-order valence-corrected chi connectivity index (χ0v) is 10.8. The Hall–Kier alpha value is -1.26. The molecule has 0 aliphatic heterocycles. The average molecular weight is 242 g/mol. The van der Waals surface area contributed by atoms with E-state index in [4.69, 9.17) is 5.11 Å². The van der Waals surface area contributed by atoms with Crippen molar-refractivity contribution in [3.8, 4) is 0 Å². The number of hydrogen-bond acceptors (Lipinski definition) is 2. The lowest BCUT2D eigenvalue weighted by Crippen LogP contribution is -2.48. The molecule has 0 aromatic heterocycles. The van der Waals surface area contributed by atoms with Gasteiger partial charge in [0.15, 0.2) is 0 Å². The van der Waals surface area contributed by atoms with Gasteiger partial charge in [-0.15, -0.1) is 0 Å². The molecule has 0 bridgehead atoms. The molecule has 2 amide bonds. The summed E-state index contributed by atoms with van der Waals surface area (Å²) in [6.45, 7) is 6.41. The highest BCUT2D eigenvalue weighted by molar-refractivity contribution is 5.76. The highest BCUT2D eigenvalue weighted by atomic mass is 16.4. The Morgan fingerprint density at radius 3 is 2.35 bits per heavy atom. The Kier molecular flexibility index (Phi) is 4.78. The van der Waals surface area contributed by atoms with Gasteiger partial charge in [-0.25, -0.2) is 4.79 Å². The molecule has 5 nitrogen and oxygen atoms in total. The topological polar surface area (TPSA) is 69.6 Å². The number of amides is 2. The third kappa shape index (κ3) is 4.24. The summed E-state index contributed by atoms with van der Waals surface area (Å²) in [5.41, 5.74) is 0. The normalized spacial score (nSPS) is 16.7. The smallest absolute Gasteiger partial charge is 0.317 e. The molecule has 1 rings (SSSR count). The van der Waals surface area contributed by atoms with Crippen LogP contribution in [0.25, 0.3) is 0 Å². The Labute approximate surface area is 102 Å². The Bertz CT molecular complexity index is 287. The van der Waals surface area contributed by atoms with E-state index in [1.54, 1.807) is 0 Å². The molecule has 1 aliphatic rings. The highest BCUT2D eigenvalue weighted by Gasteiger charge is 2.36. The third-order valence-corrected chi connectivity index (χ3v) is 3.19. The van der Waals surface area contributed by atoms with Gasteiger partial charge in [0.2, 0.25) is 0 Å². The van der Waals surface area contributed by atoms with Gasteiger partial charge < -0.3 is 15.3 Å². The number of carbonyl (C=O) groups is 2. The summed E-state index contributed by atoms with van der Waals surface area (Å²) in [7, 11) is 0. The molecule has 0 aromatic rings. The van der Waals surface area contributed by atoms with Gasteiger partial charge in [0, 0.05) is 18.6 Å². The fourth-order valence-electron chi connectivity index (χ4n) is 1.72. The first kappa shape index (κ1) is 13.8. The van der Waals surface area contributed by atoms with E-state index in [-0.39, 0.29) is 25.0 Å². The van der Waals surface area contributed by atoms with Crippen molar-refractivity contribution in [1.82, 2.24) is 10.2 Å². The lowest BCUT2D eigenvalue weighted by molar-refractivity contribution is -0.136. The van der Waals surface area contributed by atoms with Crippen molar-refractivity contribution in [1.29, 1.82) is 0 Å². The zero-order chi connectivity index (χ0) is 13.0. The van der Waals surface area contributed by atoms with Gasteiger partial charge in [-0.3, -0.25) is 4.79 Å². The molecular weight excluding hydrogens is 220 g/mol. The second-order valence-electron chi connectivity index (χ2n) is 5.00. The van der Waals surface area contributed by atoms with Crippen LogP contribution in [0.2, 0.25) is 0 Å². The lowest BCUT2D eigenvalue weighted by Gasteiger charge is -2.32. The summed E-state index contributed by atoms with van der Waals surface area (Å²) in [4.78, 5) is 24.2. The Morgan fingerprint density at radius 1 is 1.35 bits per heavy atom. The van der Waals surface area contributed by atoms with Gasteiger partial charge in [-0.2, -0.15) is 0 Å². The number of nitrogens with zero attached hydrogens (tertiary/aromatic N) is 1. The number of aliphatic carboxylic acids is 1. The van der Waals surface area contributed by atoms with Crippen molar-refractivity contribution in [3.63, 3.8) is 0 Å².